The molecule has 0 radical (unpaired) electrons. The van der Waals surface area contributed by atoms with Gasteiger partial charge in [0.15, 0.2) is 0 Å². The van der Waals surface area contributed by atoms with Crippen LogP contribution in [0.5, 0.6) is 0 Å². The van der Waals surface area contributed by atoms with Crippen molar-refractivity contribution in [3.63, 3.8) is 0 Å². The van der Waals surface area contributed by atoms with Crippen LogP contribution in [0.3, 0.4) is 0 Å². The molecule has 0 atom stereocenters. The molecular weight excluding hydrogens is 546 g/mol. The Labute approximate surface area is 262 Å². The van der Waals surface area contributed by atoms with Crippen molar-refractivity contribution in [2.24, 2.45) is 0 Å². The Kier molecular flexibility index (Phi) is 5.92. The highest BCUT2D eigenvalue weighted by Crippen LogP contribution is 2.47. The fourth-order valence-electron chi connectivity index (χ4n) is 6.98. The molecule has 1 heterocycles. The lowest BCUT2D eigenvalue weighted by atomic mass is 9.99. The van der Waals surface area contributed by atoms with Crippen LogP contribution in [-0.2, 0) is 6.42 Å². The summed E-state index contributed by atoms with van der Waals surface area (Å²) in [5.41, 5.74) is 15.3. The largest absolute Gasteiger partial charge is 0.455 e. The molecule has 0 amide bonds. The van der Waals surface area contributed by atoms with Gasteiger partial charge < -0.3 is 9.32 Å². The molecule has 0 N–H and O–H groups in total. The first-order valence-corrected chi connectivity index (χ1v) is 15.5. The van der Waals surface area contributed by atoms with Gasteiger partial charge in [0.2, 0.25) is 0 Å². The minimum atomic E-state index is 0.917. The van der Waals surface area contributed by atoms with Gasteiger partial charge in [-0.2, -0.15) is 0 Å². The van der Waals surface area contributed by atoms with E-state index in [9.17, 15) is 0 Å². The highest BCUT2D eigenvalue weighted by molar-refractivity contribution is 6.09. The smallest absolute Gasteiger partial charge is 0.143 e. The molecule has 1 aliphatic rings. The Morgan fingerprint density at radius 1 is 0.422 bits per heavy atom. The summed E-state index contributed by atoms with van der Waals surface area (Å²) in [6, 6.07) is 58.7. The number of para-hydroxylation sites is 2. The summed E-state index contributed by atoms with van der Waals surface area (Å²) in [5, 5.41) is 2.29. The van der Waals surface area contributed by atoms with Gasteiger partial charge in [-0.25, -0.2) is 0 Å². The van der Waals surface area contributed by atoms with Gasteiger partial charge in [-0.05, 0) is 76.2 Å². The summed E-state index contributed by atoms with van der Waals surface area (Å²) >= 11 is 0. The second kappa shape index (κ2) is 10.4. The molecule has 0 bridgehead atoms. The van der Waals surface area contributed by atoms with Crippen molar-refractivity contribution in [1.29, 1.82) is 0 Å². The van der Waals surface area contributed by atoms with Gasteiger partial charge in [-0.1, -0.05) is 127 Å². The predicted octanol–water partition coefficient (Wildman–Crippen LogP) is 12.0. The van der Waals surface area contributed by atoms with Crippen LogP contribution >= 0.6 is 0 Å². The van der Waals surface area contributed by atoms with Crippen LogP contribution in [0.4, 0.5) is 17.1 Å². The maximum atomic E-state index is 6.38. The molecule has 0 saturated heterocycles. The van der Waals surface area contributed by atoms with E-state index in [0.717, 1.165) is 50.9 Å². The lowest BCUT2D eigenvalue weighted by molar-refractivity contribution is 0.670. The topological polar surface area (TPSA) is 16.4 Å². The Morgan fingerprint density at radius 2 is 1.02 bits per heavy atom. The average Bonchev–Trinajstić information content (AvgIpc) is 3.69. The second-order valence-corrected chi connectivity index (χ2v) is 11.7. The molecule has 212 valence electrons. The molecular formula is C43H29NO. The Hall–Kier alpha value is -5.86. The minimum Gasteiger partial charge on any atom is -0.455 e. The number of hydrogen-bond donors (Lipinski definition) is 0. The number of furan rings is 1. The summed E-state index contributed by atoms with van der Waals surface area (Å²) in [6.07, 6.45) is 0.959. The van der Waals surface area contributed by atoms with Crippen LogP contribution in [0.1, 0.15) is 11.1 Å². The SMILES string of the molecule is c1ccc(-c2ccc(N(c3ccc(-c4cccc5c4oc4ccccc45)cc3)c3cccc4c3-c3ccccc3C4)cc2)cc1. The molecule has 45 heavy (non-hydrogen) atoms. The average molecular weight is 576 g/mol. The molecule has 9 rings (SSSR count). The van der Waals surface area contributed by atoms with Crippen molar-refractivity contribution in [3.05, 3.63) is 175 Å². The molecule has 0 unspecified atom stereocenters. The monoisotopic (exact) mass is 575 g/mol. The first-order valence-electron chi connectivity index (χ1n) is 15.5. The van der Waals surface area contributed by atoms with Crippen LogP contribution in [0.2, 0.25) is 0 Å². The second-order valence-electron chi connectivity index (χ2n) is 11.7. The van der Waals surface area contributed by atoms with E-state index in [2.05, 4.69) is 157 Å². The molecule has 0 aliphatic heterocycles. The fraction of sp³-hybridized carbons (Fsp3) is 0.0233. The highest BCUT2D eigenvalue weighted by atomic mass is 16.3. The number of rotatable bonds is 5. The molecule has 8 aromatic rings. The predicted molar refractivity (Wildman–Crippen MR) is 188 cm³/mol. The molecule has 1 aliphatic carbocycles. The minimum absolute atomic E-state index is 0.917. The molecule has 2 nitrogen and oxygen atoms in total. The van der Waals surface area contributed by atoms with Crippen molar-refractivity contribution < 1.29 is 4.42 Å². The zero-order valence-corrected chi connectivity index (χ0v) is 24.7. The zero-order chi connectivity index (χ0) is 29.7. The van der Waals surface area contributed by atoms with Crippen molar-refractivity contribution in [1.82, 2.24) is 0 Å². The summed E-state index contributed by atoms with van der Waals surface area (Å²) < 4.78 is 6.38. The number of anilines is 3. The summed E-state index contributed by atoms with van der Waals surface area (Å²) in [6.45, 7) is 0. The third-order valence-corrected chi connectivity index (χ3v) is 9.11. The van der Waals surface area contributed by atoms with Crippen molar-refractivity contribution in [2.45, 2.75) is 6.42 Å². The van der Waals surface area contributed by atoms with Crippen molar-refractivity contribution >= 4 is 39.0 Å². The number of fused-ring (bicyclic) bond motifs is 6. The molecule has 0 saturated carbocycles. The first-order chi connectivity index (χ1) is 22.3. The Balaban J connectivity index is 1.18. The molecule has 2 heteroatoms. The van der Waals surface area contributed by atoms with E-state index >= 15 is 0 Å². The number of hydrogen-bond acceptors (Lipinski definition) is 2. The van der Waals surface area contributed by atoms with E-state index in [4.69, 9.17) is 4.42 Å². The third-order valence-electron chi connectivity index (χ3n) is 9.11. The maximum absolute atomic E-state index is 6.38. The van der Waals surface area contributed by atoms with Gasteiger partial charge in [-0.15, -0.1) is 0 Å². The van der Waals surface area contributed by atoms with Gasteiger partial charge in [0.1, 0.15) is 11.2 Å². The third kappa shape index (κ3) is 4.26. The maximum Gasteiger partial charge on any atom is 0.143 e. The summed E-state index contributed by atoms with van der Waals surface area (Å²) in [4.78, 5) is 2.40. The van der Waals surface area contributed by atoms with Gasteiger partial charge in [-0.3, -0.25) is 0 Å². The van der Waals surface area contributed by atoms with Gasteiger partial charge in [0.05, 0.1) is 5.69 Å². The van der Waals surface area contributed by atoms with E-state index in [1.54, 1.807) is 0 Å². The quantitative estimate of drug-likeness (QED) is 0.203. The van der Waals surface area contributed by atoms with E-state index in [-0.39, 0.29) is 0 Å². The Morgan fingerprint density at radius 3 is 1.84 bits per heavy atom. The van der Waals surface area contributed by atoms with Gasteiger partial charge in [0, 0.05) is 33.3 Å². The van der Waals surface area contributed by atoms with Crippen molar-refractivity contribution in [3.8, 4) is 33.4 Å². The van der Waals surface area contributed by atoms with E-state index in [1.165, 1.54) is 39.1 Å². The summed E-state index contributed by atoms with van der Waals surface area (Å²) in [5.74, 6) is 0. The number of nitrogens with zero attached hydrogens (tertiary/aromatic N) is 1. The standard InChI is InChI=1S/C43H29NO/c1-2-10-29(11-3-1)30-20-24-34(25-21-30)44(40-18-8-13-33-28-32-12-4-5-14-36(32)42(33)40)35-26-22-31(23-27-35)37-16-9-17-39-38-15-6-7-19-41(38)45-43(37)39/h1-27H,28H2. The molecule has 1 aromatic heterocycles. The van der Waals surface area contributed by atoms with Crippen LogP contribution in [0.15, 0.2) is 168 Å². The van der Waals surface area contributed by atoms with Crippen LogP contribution in [0, 0.1) is 0 Å². The fourth-order valence-corrected chi connectivity index (χ4v) is 6.98. The highest BCUT2D eigenvalue weighted by Gasteiger charge is 2.25. The van der Waals surface area contributed by atoms with Gasteiger partial charge >= 0.3 is 0 Å². The van der Waals surface area contributed by atoms with E-state index in [0.29, 0.717) is 0 Å². The van der Waals surface area contributed by atoms with Gasteiger partial charge in [0.25, 0.3) is 0 Å². The van der Waals surface area contributed by atoms with Crippen LogP contribution < -0.4 is 4.90 Å². The molecule has 0 spiro atoms. The van der Waals surface area contributed by atoms with Crippen LogP contribution in [0.25, 0.3) is 55.3 Å². The molecule has 0 fully saturated rings. The lowest BCUT2D eigenvalue weighted by Crippen LogP contribution is -2.11. The Bertz CT molecular complexity index is 2330. The summed E-state index contributed by atoms with van der Waals surface area (Å²) in [7, 11) is 0. The van der Waals surface area contributed by atoms with E-state index in [1.807, 2.05) is 12.1 Å². The van der Waals surface area contributed by atoms with E-state index < -0.39 is 0 Å². The zero-order valence-electron chi connectivity index (χ0n) is 24.7. The molecule has 7 aromatic carbocycles. The number of benzene rings is 7. The first kappa shape index (κ1) is 25.6. The van der Waals surface area contributed by atoms with Crippen LogP contribution in [-0.4, -0.2) is 0 Å². The van der Waals surface area contributed by atoms with Crippen molar-refractivity contribution in [2.75, 3.05) is 4.90 Å². The normalized spacial score (nSPS) is 11.9. The lowest BCUT2D eigenvalue weighted by Gasteiger charge is -2.28.